The van der Waals surface area contributed by atoms with Gasteiger partial charge in [-0.2, -0.15) is 0 Å². The van der Waals surface area contributed by atoms with Gasteiger partial charge >= 0.3 is 0 Å². The average molecular weight is 548 g/mol. The van der Waals surface area contributed by atoms with Gasteiger partial charge < -0.3 is 4.74 Å². The summed E-state index contributed by atoms with van der Waals surface area (Å²) in [5.74, 6) is -1.27. The van der Waals surface area contributed by atoms with E-state index in [1.54, 1.807) is 6.08 Å². The van der Waals surface area contributed by atoms with E-state index >= 15 is 0 Å². The summed E-state index contributed by atoms with van der Waals surface area (Å²) in [5, 5.41) is 0. The first kappa shape index (κ1) is 27.2. The third kappa shape index (κ3) is 5.87. The van der Waals surface area contributed by atoms with Crippen molar-refractivity contribution in [1.29, 1.82) is 0 Å². The third-order valence-electron chi connectivity index (χ3n) is 6.96. The molecule has 0 radical (unpaired) electrons. The van der Waals surface area contributed by atoms with E-state index in [4.69, 9.17) is 4.74 Å². The summed E-state index contributed by atoms with van der Waals surface area (Å²) in [7, 11) is -2.93. The molecule has 1 saturated heterocycles. The number of halogens is 3. The first-order valence-electron chi connectivity index (χ1n) is 12.0. The number of allylic oxidation sites excluding steroid dienone is 5. The zero-order chi connectivity index (χ0) is 25.4. The first-order chi connectivity index (χ1) is 17.2. The van der Waals surface area contributed by atoms with Crippen molar-refractivity contribution in [2.24, 2.45) is 0 Å². The topological polar surface area (TPSA) is 63.7 Å². The fourth-order valence-electron chi connectivity index (χ4n) is 5.03. The van der Waals surface area contributed by atoms with Gasteiger partial charge in [0.2, 0.25) is 0 Å². The van der Waals surface area contributed by atoms with Crippen LogP contribution in [-0.4, -0.2) is 56.8 Å². The van der Waals surface area contributed by atoms with Crippen LogP contribution in [-0.2, 0) is 19.4 Å². The highest BCUT2D eigenvalue weighted by molar-refractivity contribution is 7.91. The van der Waals surface area contributed by atoms with E-state index in [-0.39, 0.29) is 29.7 Å². The molecular weight excluding hydrogens is 520 g/mol. The lowest BCUT2D eigenvalue weighted by molar-refractivity contribution is -0.115. The van der Waals surface area contributed by atoms with Gasteiger partial charge in [0, 0.05) is 31.3 Å². The highest BCUT2D eigenvalue weighted by Gasteiger charge is 2.40. The molecule has 0 spiro atoms. The molecule has 196 valence electrons. The van der Waals surface area contributed by atoms with Gasteiger partial charge in [0.05, 0.1) is 17.4 Å². The summed E-state index contributed by atoms with van der Waals surface area (Å²) in [6, 6.07) is 11.0. The van der Waals surface area contributed by atoms with Crippen molar-refractivity contribution < 1.29 is 26.7 Å². The lowest BCUT2D eigenvalue weighted by atomic mass is 9.86. The predicted octanol–water partition coefficient (Wildman–Crippen LogP) is 4.78. The smallest absolute Gasteiger partial charge is 0.175 e. The van der Waals surface area contributed by atoms with Crippen LogP contribution in [0.25, 0.3) is 5.57 Å². The molecular formula is C28H28ClF2NO4S. The Hall–Kier alpha value is -2.81. The van der Waals surface area contributed by atoms with Crippen LogP contribution in [0.4, 0.5) is 8.78 Å². The summed E-state index contributed by atoms with van der Waals surface area (Å²) in [5.41, 5.74) is 4.07. The SMILES string of the molecule is Cc1ccc(C2C(=O)C3=CC(OCCN4CCS(=O)(=O)CC4)=CCC3=C2c2cc(F)cc(F)c2)cc1.Cl. The van der Waals surface area contributed by atoms with Crippen molar-refractivity contribution in [3.63, 3.8) is 0 Å². The van der Waals surface area contributed by atoms with Gasteiger partial charge in [-0.25, -0.2) is 17.2 Å². The van der Waals surface area contributed by atoms with Gasteiger partial charge in [-0.3, -0.25) is 9.69 Å². The zero-order valence-electron chi connectivity index (χ0n) is 20.4. The number of hydrogen-bond acceptors (Lipinski definition) is 5. The molecule has 1 aliphatic heterocycles. The molecule has 5 nitrogen and oxygen atoms in total. The molecule has 0 aromatic heterocycles. The summed E-state index contributed by atoms with van der Waals surface area (Å²) in [6.07, 6.45) is 4.00. The first-order valence-corrected chi connectivity index (χ1v) is 13.8. The number of ether oxygens (including phenoxy) is 1. The van der Waals surface area contributed by atoms with Crippen LogP contribution in [0, 0.1) is 18.6 Å². The Labute approximate surface area is 221 Å². The summed E-state index contributed by atoms with van der Waals surface area (Å²) in [6.45, 7) is 3.89. The van der Waals surface area contributed by atoms with Gasteiger partial charge in [0.1, 0.15) is 24.0 Å². The molecule has 1 atom stereocenters. The predicted molar refractivity (Wildman–Crippen MR) is 141 cm³/mol. The maximum atomic E-state index is 14.2. The van der Waals surface area contributed by atoms with Crippen LogP contribution < -0.4 is 0 Å². The minimum atomic E-state index is -2.93. The highest BCUT2D eigenvalue weighted by Crippen LogP contribution is 2.48. The minimum absolute atomic E-state index is 0. The Balaban J connectivity index is 0.00000320. The van der Waals surface area contributed by atoms with Crippen LogP contribution in [0.1, 0.15) is 29.0 Å². The molecule has 0 bridgehead atoms. The van der Waals surface area contributed by atoms with Crippen molar-refractivity contribution in [2.45, 2.75) is 19.3 Å². The summed E-state index contributed by atoms with van der Waals surface area (Å²) < 4.78 is 57.5. The molecule has 9 heteroatoms. The average Bonchev–Trinajstić information content (AvgIpc) is 3.12. The number of Topliss-reactive ketones (excluding diaryl/α,β-unsaturated/α-hetero) is 1. The zero-order valence-corrected chi connectivity index (χ0v) is 22.0. The van der Waals surface area contributed by atoms with Gasteiger partial charge in [0.15, 0.2) is 15.6 Å². The number of carbonyl (C=O) groups excluding carboxylic acids is 1. The second-order valence-electron chi connectivity index (χ2n) is 9.47. The number of fused-ring (bicyclic) bond motifs is 1. The molecule has 0 N–H and O–H groups in total. The maximum Gasteiger partial charge on any atom is 0.175 e. The molecule has 2 aliphatic carbocycles. The van der Waals surface area contributed by atoms with Crippen LogP contribution in [0.2, 0.25) is 0 Å². The summed E-state index contributed by atoms with van der Waals surface area (Å²) >= 11 is 0. The quantitative estimate of drug-likeness (QED) is 0.521. The molecule has 1 heterocycles. The largest absolute Gasteiger partial charge is 0.493 e. The highest BCUT2D eigenvalue weighted by atomic mass is 35.5. The number of ketones is 1. The van der Waals surface area contributed by atoms with E-state index in [9.17, 15) is 22.0 Å². The number of carbonyl (C=O) groups is 1. The summed E-state index contributed by atoms with van der Waals surface area (Å²) in [4.78, 5) is 15.7. The molecule has 5 rings (SSSR count). The third-order valence-corrected chi connectivity index (χ3v) is 8.57. The fourth-order valence-corrected chi connectivity index (χ4v) is 6.31. The molecule has 3 aliphatic rings. The number of hydrogen-bond donors (Lipinski definition) is 0. The van der Waals surface area contributed by atoms with Crippen molar-refractivity contribution in [1.82, 2.24) is 4.90 Å². The van der Waals surface area contributed by atoms with Gasteiger partial charge in [0.25, 0.3) is 0 Å². The van der Waals surface area contributed by atoms with E-state index in [2.05, 4.69) is 0 Å². The monoisotopic (exact) mass is 547 g/mol. The van der Waals surface area contributed by atoms with Crippen LogP contribution in [0.15, 0.2) is 71.5 Å². The lowest BCUT2D eigenvalue weighted by Gasteiger charge is -2.26. The van der Waals surface area contributed by atoms with Gasteiger partial charge in [-0.1, -0.05) is 29.8 Å². The molecule has 2 aromatic carbocycles. The van der Waals surface area contributed by atoms with Crippen molar-refractivity contribution in [2.75, 3.05) is 37.7 Å². The van der Waals surface area contributed by atoms with Crippen molar-refractivity contribution in [3.05, 3.63) is 99.8 Å². The Morgan fingerprint density at radius 2 is 1.68 bits per heavy atom. The number of aryl methyl sites for hydroxylation is 1. The van der Waals surface area contributed by atoms with Crippen LogP contribution >= 0.6 is 12.4 Å². The second kappa shape index (κ2) is 10.9. The Kier molecular flexibility index (Phi) is 8.02. The fraction of sp³-hybridized carbons (Fsp3) is 0.321. The molecule has 0 amide bonds. The van der Waals surface area contributed by atoms with E-state index < -0.39 is 27.4 Å². The second-order valence-corrected chi connectivity index (χ2v) is 11.8. The number of sulfone groups is 1. The van der Waals surface area contributed by atoms with Crippen LogP contribution in [0.3, 0.4) is 0 Å². The van der Waals surface area contributed by atoms with E-state index in [1.807, 2.05) is 42.2 Å². The molecule has 37 heavy (non-hydrogen) atoms. The van der Waals surface area contributed by atoms with E-state index in [1.165, 1.54) is 12.1 Å². The van der Waals surface area contributed by atoms with Crippen molar-refractivity contribution in [3.8, 4) is 0 Å². The molecule has 1 fully saturated rings. The van der Waals surface area contributed by atoms with Gasteiger partial charge in [-0.15, -0.1) is 12.4 Å². The molecule has 1 unspecified atom stereocenters. The molecule has 2 aromatic rings. The number of nitrogens with zero attached hydrogens (tertiary/aromatic N) is 1. The lowest BCUT2D eigenvalue weighted by Crippen LogP contribution is -2.41. The normalized spacial score (nSPS) is 21.2. The van der Waals surface area contributed by atoms with E-state index in [0.29, 0.717) is 55.1 Å². The van der Waals surface area contributed by atoms with Crippen molar-refractivity contribution >= 4 is 33.6 Å². The van der Waals surface area contributed by atoms with E-state index in [0.717, 1.165) is 22.8 Å². The Bertz CT molecular complexity index is 1380. The van der Waals surface area contributed by atoms with Gasteiger partial charge in [-0.05, 0) is 59.9 Å². The molecule has 0 saturated carbocycles. The standard InChI is InChI=1S/C28H27F2NO4S.ClH/c1-18-2-4-19(5-3-18)27-26(20-14-21(29)16-22(30)15-20)24-7-6-23(17-25(24)28(27)32)35-11-8-31-9-12-36(33,34)13-10-31;/h2-6,14-17,27H,7-13H2,1H3;1H. The Morgan fingerprint density at radius 1 is 1.03 bits per heavy atom. The number of rotatable bonds is 6. The minimum Gasteiger partial charge on any atom is -0.493 e. The Morgan fingerprint density at radius 3 is 2.32 bits per heavy atom. The maximum absolute atomic E-state index is 14.2. The van der Waals surface area contributed by atoms with Crippen LogP contribution in [0.5, 0.6) is 0 Å². The number of benzene rings is 2.